The summed E-state index contributed by atoms with van der Waals surface area (Å²) in [4.78, 5) is 67.0. The average molecular weight is 578 g/mol. The van der Waals surface area contributed by atoms with Crippen molar-refractivity contribution in [3.63, 3.8) is 0 Å². The van der Waals surface area contributed by atoms with Gasteiger partial charge in [0.25, 0.3) is 0 Å². The maximum absolute atomic E-state index is 14.0. The lowest BCUT2D eigenvalue weighted by atomic mass is 9.69. The van der Waals surface area contributed by atoms with Gasteiger partial charge in [-0.3, -0.25) is 19.2 Å². The molecule has 2 aromatic carbocycles. The van der Waals surface area contributed by atoms with E-state index in [0.29, 0.717) is 12.8 Å². The second-order valence-electron chi connectivity index (χ2n) is 11.2. The number of nitrogens with two attached hydrogens (primary N) is 1. The Balaban J connectivity index is 1.97. The third-order valence-corrected chi connectivity index (χ3v) is 8.00. The Kier molecular flexibility index (Phi) is 9.15. The molecule has 0 saturated heterocycles. The van der Waals surface area contributed by atoms with E-state index in [4.69, 9.17) is 14.9 Å². The van der Waals surface area contributed by atoms with Crippen molar-refractivity contribution >= 4 is 56.9 Å². The highest BCUT2D eigenvalue weighted by atomic mass is 16.5. The molecule has 0 bridgehead atoms. The molecule has 42 heavy (non-hydrogen) atoms. The van der Waals surface area contributed by atoms with Crippen molar-refractivity contribution in [2.45, 2.75) is 79.2 Å². The van der Waals surface area contributed by atoms with E-state index in [9.17, 15) is 24.0 Å². The van der Waals surface area contributed by atoms with Gasteiger partial charge in [-0.1, -0.05) is 53.4 Å². The second-order valence-corrected chi connectivity index (χ2v) is 11.2. The van der Waals surface area contributed by atoms with Crippen LogP contribution in [0.5, 0.6) is 0 Å². The Bertz CT molecular complexity index is 1610. The molecule has 1 atom stereocenters. The number of unbranched alkanes of at least 4 members (excludes halogenated alkanes) is 2. The lowest BCUT2D eigenvalue weighted by Gasteiger charge is -2.35. The minimum absolute atomic E-state index is 0.0128. The molecule has 4 N–H and O–H groups in total. The number of hydrogen-bond acceptors (Lipinski definition) is 8. The Hall–Kier alpha value is -4.05. The van der Waals surface area contributed by atoms with Crippen molar-refractivity contribution in [1.29, 1.82) is 0 Å². The third-order valence-electron chi connectivity index (χ3n) is 8.00. The number of ketones is 1. The molecule has 2 amide bonds. The fourth-order valence-electron chi connectivity index (χ4n) is 5.41. The Labute approximate surface area is 244 Å². The fraction of sp³-hybridized carbons (Fsp3) is 0.469. The third kappa shape index (κ3) is 5.43. The van der Waals surface area contributed by atoms with Gasteiger partial charge in [0.2, 0.25) is 17.2 Å². The summed E-state index contributed by atoms with van der Waals surface area (Å²) in [6.45, 7) is 9.37. The number of fused-ring (bicyclic) bond motifs is 4. The van der Waals surface area contributed by atoms with E-state index < -0.39 is 34.7 Å². The molecule has 0 saturated carbocycles. The van der Waals surface area contributed by atoms with Crippen molar-refractivity contribution in [2.24, 2.45) is 17.1 Å². The van der Waals surface area contributed by atoms with E-state index in [2.05, 4.69) is 10.6 Å². The van der Waals surface area contributed by atoms with Crippen LogP contribution in [0.25, 0.3) is 21.9 Å². The number of carbonyl (C=O) groups excluding carboxylic acids is 4. The molecule has 0 radical (unpaired) electrons. The van der Waals surface area contributed by atoms with E-state index in [1.165, 1.54) is 18.2 Å². The van der Waals surface area contributed by atoms with Gasteiger partial charge in [0.05, 0.1) is 40.4 Å². The number of Topliss-reactive ketones (excluding diaryl/α,β-unsaturated/α-hetero) is 1. The monoisotopic (exact) mass is 577 g/mol. The lowest BCUT2D eigenvalue weighted by molar-refractivity contribution is -0.124. The van der Waals surface area contributed by atoms with Crippen LogP contribution < -0.4 is 21.8 Å². The van der Waals surface area contributed by atoms with Gasteiger partial charge in [-0.2, -0.15) is 0 Å². The van der Waals surface area contributed by atoms with E-state index in [0.717, 1.165) is 25.7 Å². The molecule has 1 aliphatic rings. The van der Waals surface area contributed by atoms with Crippen LogP contribution in [0.3, 0.4) is 0 Å². The first-order valence-electron chi connectivity index (χ1n) is 14.7. The van der Waals surface area contributed by atoms with Gasteiger partial charge in [-0.25, -0.2) is 4.79 Å². The molecule has 1 aromatic heterocycles. The number of hydrogen-bond donors (Lipinski definition) is 3. The Morgan fingerprint density at radius 3 is 2.26 bits per heavy atom. The first-order valence-corrected chi connectivity index (χ1v) is 14.7. The van der Waals surface area contributed by atoms with Gasteiger partial charge in [0.15, 0.2) is 16.9 Å². The molecule has 3 aromatic rings. The van der Waals surface area contributed by atoms with Crippen LogP contribution in [-0.2, 0) is 14.3 Å². The topological polar surface area (TPSA) is 158 Å². The average Bonchev–Trinajstić information content (AvgIpc) is 2.96. The van der Waals surface area contributed by atoms with Crippen LogP contribution >= 0.6 is 0 Å². The number of nitrogens with one attached hydrogen (secondary N) is 2. The Morgan fingerprint density at radius 1 is 1.00 bits per heavy atom. The summed E-state index contributed by atoms with van der Waals surface area (Å²) in [7, 11) is 0. The summed E-state index contributed by atoms with van der Waals surface area (Å²) >= 11 is 0. The van der Waals surface area contributed by atoms with Crippen LogP contribution in [-0.4, -0.2) is 36.2 Å². The number of ether oxygens (including phenoxy) is 1. The van der Waals surface area contributed by atoms with Crippen LogP contribution in [0.4, 0.5) is 11.4 Å². The number of amides is 2. The number of esters is 1. The molecular weight excluding hydrogens is 538 g/mol. The summed E-state index contributed by atoms with van der Waals surface area (Å²) in [6, 6.07) is 4.89. The molecule has 1 aliphatic heterocycles. The zero-order valence-corrected chi connectivity index (χ0v) is 24.8. The predicted molar refractivity (Wildman–Crippen MR) is 162 cm³/mol. The molecule has 0 spiro atoms. The van der Waals surface area contributed by atoms with E-state index in [1.807, 2.05) is 13.8 Å². The van der Waals surface area contributed by atoms with E-state index >= 15 is 0 Å². The smallest absolute Gasteiger partial charge is 0.338 e. The highest BCUT2D eigenvalue weighted by molar-refractivity contribution is 6.27. The van der Waals surface area contributed by atoms with Crippen LogP contribution in [0, 0.1) is 11.3 Å². The van der Waals surface area contributed by atoms with Gasteiger partial charge in [0, 0.05) is 5.56 Å². The molecule has 1 unspecified atom stereocenters. The number of anilines is 2. The highest BCUT2D eigenvalue weighted by Crippen LogP contribution is 2.44. The van der Waals surface area contributed by atoms with Gasteiger partial charge in [0.1, 0.15) is 5.41 Å². The molecule has 224 valence electrons. The van der Waals surface area contributed by atoms with Crippen LogP contribution in [0.2, 0.25) is 0 Å². The minimum Gasteiger partial charge on any atom is -0.462 e. The van der Waals surface area contributed by atoms with Crippen molar-refractivity contribution < 1.29 is 28.3 Å². The van der Waals surface area contributed by atoms with Gasteiger partial charge >= 0.3 is 5.97 Å². The quantitative estimate of drug-likeness (QED) is 0.152. The molecule has 2 heterocycles. The Morgan fingerprint density at radius 2 is 1.67 bits per heavy atom. The predicted octanol–water partition coefficient (Wildman–Crippen LogP) is 5.55. The first kappa shape index (κ1) is 30.9. The first-order chi connectivity index (χ1) is 20.0. The van der Waals surface area contributed by atoms with Crippen LogP contribution in [0.15, 0.2) is 33.5 Å². The second kappa shape index (κ2) is 12.4. The van der Waals surface area contributed by atoms with Crippen molar-refractivity contribution in [3.8, 4) is 0 Å². The van der Waals surface area contributed by atoms with E-state index in [-0.39, 0.29) is 62.7 Å². The van der Waals surface area contributed by atoms with Crippen molar-refractivity contribution in [3.05, 3.63) is 45.6 Å². The summed E-state index contributed by atoms with van der Waals surface area (Å²) in [6.07, 6.45) is 3.96. The lowest BCUT2D eigenvalue weighted by Crippen LogP contribution is -2.47. The maximum Gasteiger partial charge on any atom is 0.338 e. The highest BCUT2D eigenvalue weighted by Gasteiger charge is 2.49. The standard InChI is InChI=1S/C32H39N3O7/c1-6-9-13-32(14-10-7-2)28(37)19-11-12-20-25(36)21-15-18(30(39)41-8-3)16-22(34-29(38)23(33)17(4)5)26(21)42-27(20)24(19)35-31(32)40/h11-12,15-17,23H,6-10,13-14,33H2,1-5H3,(H,34,38)(H,35,40). The summed E-state index contributed by atoms with van der Waals surface area (Å²) in [5.74, 6) is -2.11. The number of benzene rings is 2. The van der Waals surface area contributed by atoms with Crippen molar-refractivity contribution in [2.75, 3.05) is 17.2 Å². The summed E-state index contributed by atoms with van der Waals surface area (Å²) in [5.41, 5.74) is 4.84. The molecule has 0 aliphatic carbocycles. The van der Waals surface area contributed by atoms with Gasteiger partial charge in [-0.15, -0.1) is 0 Å². The van der Waals surface area contributed by atoms with Crippen molar-refractivity contribution in [1.82, 2.24) is 0 Å². The van der Waals surface area contributed by atoms with Crippen LogP contribution in [0.1, 0.15) is 93.9 Å². The SMILES string of the molecule is CCCCC1(CCCC)C(=O)Nc2c(ccc3c(=O)c4cc(C(=O)OCC)cc(NC(=O)C(N)C(C)C)c4oc23)C1=O. The maximum atomic E-state index is 14.0. The zero-order chi connectivity index (χ0) is 30.8. The minimum atomic E-state index is -1.19. The fourth-order valence-corrected chi connectivity index (χ4v) is 5.41. The number of carbonyl (C=O) groups is 4. The zero-order valence-electron chi connectivity index (χ0n) is 24.8. The van der Waals surface area contributed by atoms with Gasteiger partial charge in [-0.05, 0) is 49.9 Å². The largest absolute Gasteiger partial charge is 0.462 e. The molecule has 0 fully saturated rings. The molecule has 4 rings (SSSR count). The molecule has 10 nitrogen and oxygen atoms in total. The normalized spacial score (nSPS) is 15.0. The molecular formula is C32H39N3O7. The summed E-state index contributed by atoms with van der Waals surface area (Å²) < 4.78 is 11.4. The molecule has 10 heteroatoms. The number of rotatable bonds is 11. The van der Waals surface area contributed by atoms with Gasteiger partial charge < -0.3 is 25.5 Å². The summed E-state index contributed by atoms with van der Waals surface area (Å²) in [5, 5.41) is 5.73. The van der Waals surface area contributed by atoms with E-state index in [1.54, 1.807) is 26.8 Å².